The van der Waals surface area contributed by atoms with Crippen molar-refractivity contribution in [1.82, 2.24) is 0 Å². The number of hydrogen-bond acceptors (Lipinski definition) is 1. The van der Waals surface area contributed by atoms with E-state index in [0.29, 0.717) is 6.10 Å². The first-order valence-corrected chi connectivity index (χ1v) is 2.34. The maximum absolute atomic E-state index is 11.3. The first-order valence-electron chi connectivity index (χ1n) is 2.34. The van der Waals surface area contributed by atoms with E-state index in [2.05, 4.69) is 4.74 Å². The Balaban J connectivity index is 2.93. The molecule has 0 aromatic heterocycles. The molecule has 0 aliphatic carbocycles. The van der Waals surface area contributed by atoms with E-state index in [-0.39, 0.29) is 0 Å². The van der Waals surface area contributed by atoms with Crippen molar-refractivity contribution in [3.05, 3.63) is 6.10 Å². The zero-order valence-electron chi connectivity index (χ0n) is 4.95. The van der Waals surface area contributed by atoms with Crippen LogP contribution in [0.1, 0.15) is 13.8 Å². The van der Waals surface area contributed by atoms with Crippen LogP contribution in [0.25, 0.3) is 0 Å². The molecule has 8 heavy (non-hydrogen) atoms. The normalized spacial score (nSPS) is 11.2. The topological polar surface area (TPSA) is 9.23 Å². The van der Waals surface area contributed by atoms with E-state index >= 15 is 0 Å². The molecule has 0 aromatic rings. The van der Waals surface area contributed by atoms with Crippen LogP contribution in [0.2, 0.25) is 0 Å². The molecule has 0 N–H and O–H groups in total. The SMILES string of the molecule is C[C](C)OCC(F)F. The summed E-state index contributed by atoms with van der Waals surface area (Å²) in [6, 6.07) is 0. The van der Waals surface area contributed by atoms with E-state index in [0.717, 1.165) is 0 Å². The van der Waals surface area contributed by atoms with E-state index in [9.17, 15) is 8.78 Å². The molecule has 0 heterocycles. The minimum atomic E-state index is -2.36. The summed E-state index contributed by atoms with van der Waals surface area (Å²) in [5.74, 6) is 0. The number of halogens is 2. The molecule has 3 heteroatoms. The van der Waals surface area contributed by atoms with Gasteiger partial charge in [0.2, 0.25) is 0 Å². The minimum Gasteiger partial charge on any atom is -0.367 e. The molecule has 1 nitrogen and oxygen atoms in total. The third-order valence-corrected chi connectivity index (χ3v) is 0.498. The number of alkyl halides is 2. The maximum atomic E-state index is 11.3. The van der Waals surface area contributed by atoms with Gasteiger partial charge < -0.3 is 4.74 Å². The molecular weight excluding hydrogens is 114 g/mol. The molecule has 0 unspecified atom stereocenters. The monoisotopic (exact) mass is 123 g/mol. The van der Waals surface area contributed by atoms with Crippen molar-refractivity contribution in [1.29, 1.82) is 0 Å². The van der Waals surface area contributed by atoms with E-state index in [1.807, 2.05) is 0 Å². The highest BCUT2D eigenvalue weighted by molar-refractivity contribution is 4.59. The standard InChI is InChI=1S/C5H9F2O/c1-4(2)8-3-5(6)7/h5H,3H2,1-2H3. The number of rotatable bonds is 3. The van der Waals surface area contributed by atoms with Crippen LogP contribution in [0.4, 0.5) is 8.78 Å². The van der Waals surface area contributed by atoms with Crippen molar-refractivity contribution >= 4 is 0 Å². The average Bonchev–Trinajstić information content (AvgIpc) is 1.61. The van der Waals surface area contributed by atoms with Gasteiger partial charge in [0.1, 0.15) is 6.61 Å². The average molecular weight is 123 g/mol. The van der Waals surface area contributed by atoms with Gasteiger partial charge in [-0.05, 0) is 13.8 Å². The molecule has 1 radical (unpaired) electrons. The molecule has 0 bridgehead atoms. The molecule has 0 fully saturated rings. The van der Waals surface area contributed by atoms with Crippen molar-refractivity contribution in [3.63, 3.8) is 0 Å². The highest BCUT2D eigenvalue weighted by atomic mass is 19.3. The molecule has 0 saturated carbocycles. The van der Waals surface area contributed by atoms with Gasteiger partial charge in [-0.2, -0.15) is 0 Å². The fourth-order valence-electron chi connectivity index (χ4n) is 0.230. The zero-order valence-corrected chi connectivity index (χ0v) is 4.95. The van der Waals surface area contributed by atoms with Crippen LogP contribution < -0.4 is 0 Å². The number of hydrogen-bond donors (Lipinski definition) is 0. The first kappa shape index (κ1) is 7.82. The van der Waals surface area contributed by atoms with Crippen molar-refractivity contribution in [2.45, 2.75) is 20.3 Å². The highest BCUT2D eigenvalue weighted by Gasteiger charge is 2.02. The lowest BCUT2D eigenvalue weighted by Crippen LogP contribution is -2.04. The van der Waals surface area contributed by atoms with Gasteiger partial charge in [-0.1, -0.05) is 0 Å². The molecular formula is C5H9F2O. The Morgan fingerprint density at radius 1 is 1.50 bits per heavy atom. The molecule has 0 saturated heterocycles. The zero-order chi connectivity index (χ0) is 6.57. The third-order valence-electron chi connectivity index (χ3n) is 0.498. The Labute approximate surface area is 47.6 Å². The van der Waals surface area contributed by atoms with Crippen LogP contribution in [-0.4, -0.2) is 13.0 Å². The number of ether oxygens (including phenoxy) is 1. The fourth-order valence-corrected chi connectivity index (χ4v) is 0.230. The van der Waals surface area contributed by atoms with Crippen molar-refractivity contribution in [2.75, 3.05) is 6.61 Å². The molecule has 0 amide bonds. The summed E-state index contributed by atoms with van der Waals surface area (Å²) in [5, 5.41) is 0. The van der Waals surface area contributed by atoms with E-state index in [4.69, 9.17) is 0 Å². The minimum absolute atomic E-state index is 0.484. The maximum Gasteiger partial charge on any atom is 0.261 e. The summed E-state index contributed by atoms with van der Waals surface area (Å²) < 4.78 is 27.0. The summed E-state index contributed by atoms with van der Waals surface area (Å²) in [5.41, 5.74) is 0. The summed E-state index contributed by atoms with van der Waals surface area (Å²) >= 11 is 0. The Morgan fingerprint density at radius 2 is 2.00 bits per heavy atom. The first-order chi connectivity index (χ1) is 3.63. The third kappa shape index (κ3) is 5.82. The van der Waals surface area contributed by atoms with Crippen LogP contribution in [0, 0.1) is 6.10 Å². The van der Waals surface area contributed by atoms with Gasteiger partial charge in [-0.3, -0.25) is 0 Å². The fraction of sp³-hybridized carbons (Fsp3) is 0.800. The van der Waals surface area contributed by atoms with Gasteiger partial charge >= 0.3 is 0 Å². The molecule has 0 aliphatic heterocycles. The molecule has 0 spiro atoms. The lowest BCUT2D eigenvalue weighted by molar-refractivity contribution is 0.0276. The van der Waals surface area contributed by atoms with Crippen molar-refractivity contribution in [3.8, 4) is 0 Å². The molecule has 0 rings (SSSR count). The van der Waals surface area contributed by atoms with Crippen LogP contribution in [0.3, 0.4) is 0 Å². The Bertz CT molecular complexity index is 46.4. The lowest BCUT2D eigenvalue weighted by Gasteiger charge is -2.03. The molecule has 49 valence electrons. The summed E-state index contributed by atoms with van der Waals surface area (Å²) in [6.07, 6.45) is -1.78. The highest BCUT2D eigenvalue weighted by Crippen LogP contribution is 2.00. The van der Waals surface area contributed by atoms with Gasteiger partial charge in [0.15, 0.2) is 0 Å². The van der Waals surface area contributed by atoms with E-state index < -0.39 is 13.0 Å². The van der Waals surface area contributed by atoms with Crippen LogP contribution >= 0.6 is 0 Å². The Hall–Kier alpha value is -0.180. The predicted molar refractivity (Wildman–Crippen MR) is 26.5 cm³/mol. The smallest absolute Gasteiger partial charge is 0.261 e. The van der Waals surface area contributed by atoms with Crippen LogP contribution in [0.5, 0.6) is 0 Å². The van der Waals surface area contributed by atoms with Gasteiger partial charge in [0.05, 0.1) is 6.10 Å². The second kappa shape index (κ2) is 3.78. The quantitative estimate of drug-likeness (QED) is 0.556. The summed E-state index contributed by atoms with van der Waals surface area (Å²) in [6.45, 7) is 2.80. The largest absolute Gasteiger partial charge is 0.367 e. The van der Waals surface area contributed by atoms with Gasteiger partial charge in [-0.25, -0.2) is 8.78 Å². The van der Waals surface area contributed by atoms with Crippen molar-refractivity contribution < 1.29 is 13.5 Å². The predicted octanol–water partition coefficient (Wildman–Crippen LogP) is 1.84. The van der Waals surface area contributed by atoms with Crippen LogP contribution in [-0.2, 0) is 4.74 Å². The van der Waals surface area contributed by atoms with Crippen molar-refractivity contribution in [2.24, 2.45) is 0 Å². The van der Waals surface area contributed by atoms with Gasteiger partial charge in [-0.15, -0.1) is 0 Å². The Kier molecular flexibility index (Phi) is 3.69. The second-order valence-corrected chi connectivity index (χ2v) is 1.61. The second-order valence-electron chi connectivity index (χ2n) is 1.61. The van der Waals surface area contributed by atoms with E-state index in [1.54, 1.807) is 13.8 Å². The molecule has 0 atom stereocenters. The summed E-state index contributed by atoms with van der Waals surface area (Å²) in [7, 11) is 0. The van der Waals surface area contributed by atoms with Gasteiger partial charge in [0.25, 0.3) is 6.43 Å². The van der Waals surface area contributed by atoms with Crippen LogP contribution in [0.15, 0.2) is 0 Å². The Morgan fingerprint density at radius 3 is 2.12 bits per heavy atom. The lowest BCUT2D eigenvalue weighted by atomic mass is 10.5. The molecule has 0 aliphatic rings. The molecule has 0 aromatic carbocycles. The van der Waals surface area contributed by atoms with E-state index in [1.165, 1.54) is 0 Å². The summed E-state index contributed by atoms with van der Waals surface area (Å²) in [4.78, 5) is 0. The van der Waals surface area contributed by atoms with Gasteiger partial charge in [0, 0.05) is 0 Å².